The highest BCUT2D eigenvalue weighted by Gasteiger charge is 2.17. The second-order valence-electron chi connectivity index (χ2n) is 4.52. The largest absolute Gasteiger partial charge is 0.399 e. The van der Waals surface area contributed by atoms with E-state index in [1.54, 1.807) is 7.11 Å². The molecule has 3 heteroatoms. The van der Waals surface area contributed by atoms with Crippen LogP contribution in [0.15, 0.2) is 18.2 Å². The first-order valence-electron chi connectivity index (χ1n) is 5.08. The number of methoxy groups -OCH3 is 1. The van der Waals surface area contributed by atoms with Crippen molar-refractivity contribution in [1.29, 1.82) is 0 Å². The van der Waals surface area contributed by atoms with Gasteiger partial charge in [-0.3, -0.25) is 0 Å². The van der Waals surface area contributed by atoms with Crippen LogP contribution in [0.1, 0.15) is 19.4 Å². The van der Waals surface area contributed by atoms with Gasteiger partial charge in [0.2, 0.25) is 0 Å². The van der Waals surface area contributed by atoms with Gasteiger partial charge in [0.05, 0.1) is 12.1 Å². The van der Waals surface area contributed by atoms with Crippen molar-refractivity contribution < 1.29 is 4.74 Å². The van der Waals surface area contributed by atoms with Crippen LogP contribution in [0, 0.1) is 6.92 Å². The minimum atomic E-state index is -0.0738. The Hall–Kier alpha value is -1.22. The molecule has 0 atom stereocenters. The van der Waals surface area contributed by atoms with Gasteiger partial charge in [0.15, 0.2) is 0 Å². The van der Waals surface area contributed by atoms with E-state index in [0.717, 1.165) is 16.9 Å². The third kappa shape index (κ3) is 3.44. The molecule has 0 unspecified atom stereocenters. The van der Waals surface area contributed by atoms with Crippen LogP contribution in [-0.4, -0.2) is 19.3 Å². The van der Waals surface area contributed by atoms with E-state index < -0.39 is 0 Å². The van der Waals surface area contributed by atoms with Crippen LogP contribution in [0.5, 0.6) is 0 Å². The van der Waals surface area contributed by atoms with Gasteiger partial charge in [-0.05, 0) is 44.5 Å². The predicted octanol–water partition coefficient (Wildman–Crippen LogP) is 2.41. The Morgan fingerprint density at radius 3 is 2.60 bits per heavy atom. The number of ether oxygens (including phenoxy) is 1. The molecule has 1 aromatic rings. The molecule has 0 aromatic heterocycles. The summed E-state index contributed by atoms with van der Waals surface area (Å²) in [7, 11) is 1.71. The fraction of sp³-hybridized carbons (Fsp3) is 0.500. The lowest BCUT2D eigenvalue weighted by Gasteiger charge is -2.27. The molecule has 84 valence electrons. The van der Waals surface area contributed by atoms with Gasteiger partial charge < -0.3 is 15.8 Å². The number of nitrogens with one attached hydrogen (secondary N) is 1. The average Bonchev–Trinajstić information content (AvgIpc) is 2.09. The molecule has 15 heavy (non-hydrogen) atoms. The van der Waals surface area contributed by atoms with Crippen LogP contribution in [0.3, 0.4) is 0 Å². The number of rotatable bonds is 4. The summed E-state index contributed by atoms with van der Waals surface area (Å²) in [6, 6.07) is 5.87. The lowest BCUT2D eigenvalue weighted by atomic mass is 10.0. The van der Waals surface area contributed by atoms with Gasteiger partial charge in [-0.15, -0.1) is 0 Å². The zero-order chi connectivity index (χ0) is 11.5. The minimum Gasteiger partial charge on any atom is -0.399 e. The maximum absolute atomic E-state index is 5.70. The van der Waals surface area contributed by atoms with Crippen LogP contribution in [-0.2, 0) is 4.74 Å². The van der Waals surface area contributed by atoms with E-state index in [-0.39, 0.29) is 5.54 Å². The topological polar surface area (TPSA) is 47.3 Å². The Morgan fingerprint density at radius 2 is 2.07 bits per heavy atom. The number of nitrogen functional groups attached to an aromatic ring is 1. The van der Waals surface area contributed by atoms with Crippen molar-refractivity contribution in [2.75, 3.05) is 24.8 Å². The number of nitrogens with two attached hydrogens (primary N) is 1. The number of hydrogen-bond acceptors (Lipinski definition) is 3. The number of hydrogen-bond donors (Lipinski definition) is 2. The highest BCUT2D eigenvalue weighted by molar-refractivity contribution is 5.58. The first kappa shape index (κ1) is 11.9. The zero-order valence-corrected chi connectivity index (χ0v) is 9.92. The molecule has 0 saturated carbocycles. The van der Waals surface area contributed by atoms with Gasteiger partial charge in [0.25, 0.3) is 0 Å². The molecule has 0 aliphatic carbocycles. The Kier molecular flexibility index (Phi) is 3.58. The van der Waals surface area contributed by atoms with Crippen molar-refractivity contribution in [3.63, 3.8) is 0 Å². The summed E-state index contributed by atoms with van der Waals surface area (Å²) >= 11 is 0. The van der Waals surface area contributed by atoms with Gasteiger partial charge in [0.1, 0.15) is 0 Å². The SMILES string of the molecule is COCC(C)(C)Nc1ccc(N)cc1C. The molecule has 0 spiro atoms. The molecule has 0 radical (unpaired) electrons. The molecule has 1 rings (SSSR count). The lowest BCUT2D eigenvalue weighted by Crippen LogP contribution is -2.36. The number of aryl methyl sites for hydroxylation is 1. The van der Waals surface area contributed by atoms with Gasteiger partial charge in [-0.2, -0.15) is 0 Å². The second-order valence-corrected chi connectivity index (χ2v) is 4.52. The van der Waals surface area contributed by atoms with Crippen LogP contribution in [0.4, 0.5) is 11.4 Å². The first-order chi connectivity index (χ1) is 6.94. The first-order valence-corrected chi connectivity index (χ1v) is 5.08. The van der Waals surface area contributed by atoms with E-state index in [2.05, 4.69) is 19.2 Å². The van der Waals surface area contributed by atoms with E-state index in [1.807, 2.05) is 25.1 Å². The number of anilines is 2. The maximum Gasteiger partial charge on any atom is 0.0687 e. The molecule has 0 heterocycles. The highest BCUT2D eigenvalue weighted by Crippen LogP contribution is 2.21. The van der Waals surface area contributed by atoms with E-state index in [4.69, 9.17) is 10.5 Å². The number of benzene rings is 1. The zero-order valence-electron chi connectivity index (χ0n) is 9.92. The molecule has 1 aromatic carbocycles. The minimum absolute atomic E-state index is 0.0738. The van der Waals surface area contributed by atoms with Gasteiger partial charge in [0, 0.05) is 18.5 Å². The molecule has 0 amide bonds. The van der Waals surface area contributed by atoms with Crippen LogP contribution >= 0.6 is 0 Å². The fourth-order valence-corrected chi connectivity index (χ4v) is 1.59. The maximum atomic E-state index is 5.70. The second kappa shape index (κ2) is 4.53. The van der Waals surface area contributed by atoms with Gasteiger partial charge in [-0.1, -0.05) is 0 Å². The molecule has 0 saturated heterocycles. The van der Waals surface area contributed by atoms with Crippen LogP contribution < -0.4 is 11.1 Å². The molecule has 0 aliphatic heterocycles. The van der Waals surface area contributed by atoms with Crippen molar-refractivity contribution in [2.24, 2.45) is 0 Å². The highest BCUT2D eigenvalue weighted by atomic mass is 16.5. The standard InChI is InChI=1S/C12H20N2O/c1-9-7-10(13)5-6-11(9)14-12(2,3)8-15-4/h5-7,14H,8,13H2,1-4H3. The summed E-state index contributed by atoms with van der Waals surface area (Å²) in [6.45, 7) is 6.91. The quantitative estimate of drug-likeness (QED) is 0.747. The van der Waals surface area contributed by atoms with Crippen LogP contribution in [0.25, 0.3) is 0 Å². The molecule has 3 N–H and O–H groups in total. The third-order valence-electron chi connectivity index (χ3n) is 2.23. The molecule has 3 nitrogen and oxygen atoms in total. The fourth-order valence-electron chi connectivity index (χ4n) is 1.59. The smallest absolute Gasteiger partial charge is 0.0687 e. The van der Waals surface area contributed by atoms with Crippen molar-refractivity contribution in [2.45, 2.75) is 26.3 Å². The monoisotopic (exact) mass is 208 g/mol. The summed E-state index contributed by atoms with van der Waals surface area (Å²) < 4.78 is 5.16. The molecule has 0 bridgehead atoms. The van der Waals surface area contributed by atoms with E-state index >= 15 is 0 Å². The molecular formula is C12H20N2O. The van der Waals surface area contributed by atoms with Gasteiger partial charge >= 0.3 is 0 Å². The summed E-state index contributed by atoms with van der Waals surface area (Å²) in [5.74, 6) is 0. The van der Waals surface area contributed by atoms with Crippen molar-refractivity contribution in [3.8, 4) is 0 Å². The Balaban J connectivity index is 2.80. The lowest BCUT2D eigenvalue weighted by molar-refractivity contribution is 0.158. The normalized spacial score (nSPS) is 11.5. The van der Waals surface area contributed by atoms with E-state index in [1.165, 1.54) is 0 Å². The van der Waals surface area contributed by atoms with Crippen LogP contribution in [0.2, 0.25) is 0 Å². The van der Waals surface area contributed by atoms with Crippen molar-refractivity contribution >= 4 is 11.4 Å². The molecule has 0 aliphatic rings. The van der Waals surface area contributed by atoms with E-state index in [9.17, 15) is 0 Å². The average molecular weight is 208 g/mol. The Morgan fingerprint density at radius 1 is 1.40 bits per heavy atom. The summed E-state index contributed by atoms with van der Waals surface area (Å²) in [6.07, 6.45) is 0. The van der Waals surface area contributed by atoms with Gasteiger partial charge in [-0.25, -0.2) is 0 Å². The summed E-state index contributed by atoms with van der Waals surface area (Å²) in [5.41, 5.74) is 8.67. The summed E-state index contributed by atoms with van der Waals surface area (Å²) in [4.78, 5) is 0. The predicted molar refractivity (Wildman–Crippen MR) is 65.2 cm³/mol. The Labute approximate surface area is 91.6 Å². The molecule has 0 fully saturated rings. The molecular weight excluding hydrogens is 188 g/mol. The van der Waals surface area contributed by atoms with Crippen molar-refractivity contribution in [1.82, 2.24) is 0 Å². The Bertz CT molecular complexity index is 334. The summed E-state index contributed by atoms with van der Waals surface area (Å²) in [5, 5.41) is 3.43. The van der Waals surface area contributed by atoms with E-state index in [0.29, 0.717) is 6.61 Å². The third-order valence-corrected chi connectivity index (χ3v) is 2.23. The van der Waals surface area contributed by atoms with Crippen molar-refractivity contribution in [3.05, 3.63) is 23.8 Å².